The molecule has 0 spiro atoms. The number of carbonyl (C=O) groups is 1. The summed E-state index contributed by atoms with van der Waals surface area (Å²) in [5, 5.41) is 12.8. The van der Waals surface area contributed by atoms with Gasteiger partial charge in [-0.25, -0.2) is 0 Å². The van der Waals surface area contributed by atoms with Crippen LogP contribution in [0.15, 0.2) is 66.2 Å². The van der Waals surface area contributed by atoms with Crippen LogP contribution in [-0.4, -0.2) is 12.5 Å². The number of hydrogen-bond acceptors (Lipinski definition) is 4. The van der Waals surface area contributed by atoms with E-state index in [2.05, 4.69) is 11.4 Å². The fourth-order valence-corrected chi connectivity index (χ4v) is 3.35. The molecule has 0 aliphatic rings. The van der Waals surface area contributed by atoms with E-state index < -0.39 is 5.91 Å². The summed E-state index contributed by atoms with van der Waals surface area (Å²) in [6.07, 6.45) is 1.49. The van der Waals surface area contributed by atoms with E-state index in [1.54, 1.807) is 30.3 Å². The fourth-order valence-electron chi connectivity index (χ4n) is 3.05. The second kappa shape index (κ2) is 11.4. The Morgan fingerprint density at radius 1 is 1.03 bits per heavy atom. The van der Waals surface area contributed by atoms with E-state index in [1.807, 2.05) is 38.1 Å². The van der Waals surface area contributed by atoms with Gasteiger partial charge in [-0.2, -0.15) is 5.26 Å². The topological polar surface area (TPSA) is 71.3 Å². The predicted molar refractivity (Wildman–Crippen MR) is 132 cm³/mol. The molecule has 0 saturated heterocycles. The molecule has 33 heavy (non-hydrogen) atoms. The summed E-state index contributed by atoms with van der Waals surface area (Å²) in [6.45, 7) is 4.74. The lowest BCUT2D eigenvalue weighted by Gasteiger charge is -2.13. The second-order valence-electron chi connectivity index (χ2n) is 7.17. The van der Waals surface area contributed by atoms with Crippen molar-refractivity contribution in [2.45, 2.75) is 20.5 Å². The van der Waals surface area contributed by atoms with Gasteiger partial charge in [-0.05, 0) is 61.4 Å². The number of nitrogens with one attached hydrogen (secondary N) is 1. The molecule has 0 aromatic heterocycles. The zero-order chi connectivity index (χ0) is 23.8. The van der Waals surface area contributed by atoms with Crippen LogP contribution in [-0.2, 0) is 11.4 Å². The van der Waals surface area contributed by atoms with Gasteiger partial charge in [0, 0.05) is 5.69 Å². The quantitative estimate of drug-likeness (QED) is 0.283. The van der Waals surface area contributed by atoms with Crippen molar-refractivity contribution in [3.05, 3.63) is 93.0 Å². The van der Waals surface area contributed by atoms with E-state index in [0.717, 1.165) is 11.1 Å². The second-order valence-corrected chi connectivity index (χ2v) is 7.98. The SMILES string of the molecule is CCOc1cc(/C=C(\C#N)C(=O)Nc2ccc(Cl)c(Cl)c2)ccc1OCc1cccc(C)c1. The van der Waals surface area contributed by atoms with Gasteiger partial charge < -0.3 is 14.8 Å². The van der Waals surface area contributed by atoms with Gasteiger partial charge in [0.2, 0.25) is 0 Å². The molecule has 0 atom stereocenters. The van der Waals surface area contributed by atoms with Crippen LogP contribution < -0.4 is 14.8 Å². The lowest BCUT2D eigenvalue weighted by Crippen LogP contribution is -2.13. The number of ether oxygens (including phenoxy) is 2. The summed E-state index contributed by atoms with van der Waals surface area (Å²) < 4.78 is 11.7. The van der Waals surface area contributed by atoms with Crippen molar-refractivity contribution in [2.75, 3.05) is 11.9 Å². The Morgan fingerprint density at radius 3 is 2.55 bits per heavy atom. The summed E-state index contributed by atoms with van der Waals surface area (Å²) in [5.74, 6) is 0.545. The number of halogens is 2. The van der Waals surface area contributed by atoms with Gasteiger partial charge in [-0.15, -0.1) is 0 Å². The average molecular weight is 481 g/mol. The Hall–Kier alpha value is -3.46. The number of anilines is 1. The Labute approximate surface area is 203 Å². The summed E-state index contributed by atoms with van der Waals surface area (Å²) >= 11 is 11.9. The Kier molecular flexibility index (Phi) is 8.37. The molecule has 0 saturated carbocycles. The number of nitrogens with zero attached hydrogens (tertiary/aromatic N) is 1. The maximum Gasteiger partial charge on any atom is 0.266 e. The van der Waals surface area contributed by atoms with Gasteiger partial charge >= 0.3 is 0 Å². The van der Waals surface area contributed by atoms with E-state index >= 15 is 0 Å². The highest BCUT2D eigenvalue weighted by atomic mass is 35.5. The average Bonchev–Trinajstić information content (AvgIpc) is 2.79. The van der Waals surface area contributed by atoms with E-state index in [9.17, 15) is 10.1 Å². The summed E-state index contributed by atoms with van der Waals surface area (Å²) in [5.41, 5.74) is 3.20. The first kappa shape index (κ1) is 24.2. The first-order valence-electron chi connectivity index (χ1n) is 10.2. The largest absolute Gasteiger partial charge is 0.490 e. The zero-order valence-electron chi connectivity index (χ0n) is 18.2. The third-order valence-electron chi connectivity index (χ3n) is 4.60. The lowest BCUT2D eigenvalue weighted by molar-refractivity contribution is -0.112. The van der Waals surface area contributed by atoms with Gasteiger partial charge in [0.05, 0.1) is 16.7 Å². The molecule has 168 valence electrons. The van der Waals surface area contributed by atoms with Crippen LogP contribution >= 0.6 is 23.2 Å². The third-order valence-corrected chi connectivity index (χ3v) is 5.34. The zero-order valence-corrected chi connectivity index (χ0v) is 19.7. The molecule has 3 rings (SSSR count). The first-order chi connectivity index (χ1) is 15.9. The van der Waals surface area contributed by atoms with Crippen LogP contribution in [0.3, 0.4) is 0 Å². The van der Waals surface area contributed by atoms with Crippen molar-refractivity contribution >= 4 is 40.9 Å². The van der Waals surface area contributed by atoms with Crippen molar-refractivity contribution in [1.82, 2.24) is 0 Å². The van der Waals surface area contributed by atoms with Crippen molar-refractivity contribution in [1.29, 1.82) is 5.26 Å². The number of aryl methyl sites for hydroxylation is 1. The highest BCUT2D eigenvalue weighted by Gasteiger charge is 2.12. The molecule has 5 nitrogen and oxygen atoms in total. The van der Waals surface area contributed by atoms with Crippen LogP contribution in [0.1, 0.15) is 23.6 Å². The van der Waals surface area contributed by atoms with Gasteiger partial charge in [-0.1, -0.05) is 59.1 Å². The van der Waals surface area contributed by atoms with Crippen LogP contribution in [0.2, 0.25) is 10.0 Å². The van der Waals surface area contributed by atoms with Crippen LogP contribution in [0.4, 0.5) is 5.69 Å². The first-order valence-corrected chi connectivity index (χ1v) is 11.0. The number of benzene rings is 3. The molecule has 0 fully saturated rings. The molecule has 0 aliphatic heterocycles. The smallest absolute Gasteiger partial charge is 0.266 e. The van der Waals surface area contributed by atoms with Crippen molar-refractivity contribution in [3.63, 3.8) is 0 Å². The molecular weight excluding hydrogens is 459 g/mol. The van der Waals surface area contributed by atoms with Gasteiger partial charge in [0.1, 0.15) is 18.2 Å². The molecule has 3 aromatic rings. The molecule has 1 N–H and O–H groups in total. The Morgan fingerprint density at radius 2 is 1.85 bits per heavy atom. The predicted octanol–water partition coefficient (Wildman–Crippen LogP) is 6.83. The maximum absolute atomic E-state index is 12.6. The van der Waals surface area contributed by atoms with E-state index in [-0.39, 0.29) is 5.57 Å². The molecule has 7 heteroatoms. The van der Waals surface area contributed by atoms with Crippen LogP contribution in [0.5, 0.6) is 11.5 Å². The highest BCUT2D eigenvalue weighted by molar-refractivity contribution is 6.42. The molecule has 0 radical (unpaired) electrons. The Balaban J connectivity index is 1.78. The molecule has 0 aliphatic carbocycles. The monoisotopic (exact) mass is 480 g/mol. The molecule has 0 heterocycles. The minimum Gasteiger partial charge on any atom is -0.490 e. The summed E-state index contributed by atoms with van der Waals surface area (Å²) in [7, 11) is 0. The lowest BCUT2D eigenvalue weighted by atomic mass is 10.1. The normalized spacial score (nSPS) is 10.9. The fraction of sp³-hybridized carbons (Fsp3) is 0.154. The van der Waals surface area contributed by atoms with Crippen LogP contribution in [0.25, 0.3) is 6.08 Å². The van der Waals surface area contributed by atoms with Crippen LogP contribution in [0, 0.1) is 18.3 Å². The van der Waals surface area contributed by atoms with Gasteiger partial charge in [-0.3, -0.25) is 4.79 Å². The minimum atomic E-state index is -0.561. The van der Waals surface area contributed by atoms with Crippen molar-refractivity contribution < 1.29 is 14.3 Å². The third kappa shape index (κ3) is 6.76. The minimum absolute atomic E-state index is 0.0723. The number of carbonyl (C=O) groups excluding carboxylic acids is 1. The highest BCUT2D eigenvalue weighted by Crippen LogP contribution is 2.30. The van der Waals surface area contributed by atoms with Gasteiger partial charge in [0.25, 0.3) is 5.91 Å². The molecule has 0 unspecified atom stereocenters. The number of nitriles is 1. The van der Waals surface area contributed by atoms with E-state index in [1.165, 1.54) is 12.1 Å². The standard InChI is InChI=1S/C26H22Cl2N2O3/c1-3-32-25-13-18(7-10-24(25)33-16-19-6-4-5-17(2)11-19)12-20(15-29)26(31)30-21-8-9-22(27)23(28)14-21/h4-14H,3,16H2,1-2H3,(H,30,31)/b20-12+. The van der Waals surface area contributed by atoms with Crippen molar-refractivity contribution in [2.24, 2.45) is 0 Å². The summed E-state index contributed by atoms with van der Waals surface area (Å²) in [6, 6.07) is 20.0. The number of amides is 1. The molecule has 3 aromatic carbocycles. The molecular formula is C26H22Cl2N2O3. The molecule has 0 bridgehead atoms. The number of rotatable bonds is 8. The summed E-state index contributed by atoms with van der Waals surface area (Å²) in [4.78, 5) is 12.6. The van der Waals surface area contributed by atoms with Crippen molar-refractivity contribution in [3.8, 4) is 17.6 Å². The number of hydrogen-bond donors (Lipinski definition) is 1. The Bertz CT molecular complexity index is 1230. The van der Waals surface area contributed by atoms with Gasteiger partial charge in [0.15, 0.2) is 11.5 Å². The van der Waals surface area contributed by atoms with E-state index in [4.69, 9.17) is 32.7 Å². The molecule has 1 amide bonds. The maximum atomic E-state index is 12.6. The van der Waals surface area contributed by atoms with E-state index in [0.29, 0.717) is 46.0 Å².